The van der Waals surface area contributed by atoms with Crippen LogP contribution >= 0.6 is 24.8 Å². The van der Waals surface area contributed by atoms with Crippen LogP contribution in [0.5, 0.6) is 0 Å². The number of carbonyl (C=O) groups excluding carboxylic acids is 1. The molecular weight excluding hydrogens is 359 g/mol. The van der Waals surface area contributed by atoms with Gasteiger partial charge < -0.3 is 11.1 Å². The normalized spacial score (nSPS) is 21.2. The zero-order valence-corrected chi connectivity index (χ0v) is 16.2. The van der Waals surface area contributed by atoms with Gasteiger partial charge in [-0.15, -0.1) is 24.8 Å². The number of amides is 1. The number of anilines is 1. The minimum absolute atomic E-state index is 0. The van der Waals surface area contributed by atoms with Gasteiger partial charge in [0.15, 0.2) is 0 Å². The monoisotopic (exact) mass is 384 g/mol. The molecule has 5 nitrogen and oxygen atoms in total. The molecule has 0 bridgehead atoms. The van der Waals surface area contributed by atoms with Crippen molar-refractivity contribution in [2.45, 2.75) is 26.3 Å². The number of pyridine rings is 1. The lowest BCUT2D eigenvalue weighted by Crippen LogP contribution is -2.42. The molecular formula is C18H26Cl2N4O. The fourth-order valence-corrected chi connectivity index (χ4v) is 3.17. The predicted octanol–water partition coefficient (Wildman–Crippen LogP) is 3.08. The summed E-state index contributed by atoms with van der Waals surface area (Å²) in [7, 11) is 0. The summed E-state index contributed by atoms with van der Waals surface area (Å²) >= 11 is 0. The molecule has 1 aliphatic heterocycles. The minimum Gasteiger partial charge on any atom is -0.330 e. The first kappa shape index (κ1) is 21.6. The number of rotatable bonds is 4. The van der Waals surface area contributed by atoms with Crippen LogP contribution in [0.15, 0.2) is 36.5 Å². The van der Waals surface area contributed by atoms with Gasteiger partial charge in [-0.1, -0.05) is 13.0 Å². The number of hydrogen-bond donors (Lipinski definition) is 2. The molecule has 2 heterocycles. The van der Waals surface area contributed by atoms with Crippen molar-refractivity contribution < 1.29 is 4.79 Å². The van der Waals surface area contributed by atoms with Gasteiger partial charge in [0.1, 0.15) is 0 Å². The van der Waals surface area contributed by atoms with Gasteiger partial charge in [-0.3, -0.25) is 14.7 Å². The highest BCUT2D eigenvalue weighted by molar-refractivity contribution is 6.02. The first-order valence-electron chi connectivity index (χ1n) is 8.11. The first-order chi connectivity index (χ1) is 11.0. The third-order valence-electron chi connectivity index (χ3n) is 4.91. The van der Waals surface area contributed by atoms with E-state index in [1.165, 1.54) is 0 Å². The SMILES string of the molecule is CC(C(=O)Nc1cccc2ncccc12)N1CCC(C)(CN)C1.Cl.Cl. The van der Waals surface area contributed by atoms with Gasteiger partial charge in [0.25, 0.3) is 0 Å². The Morgan fingerprint density at radius 3 is 2.80 bits per heavy atom. The van der Waals surface area contributed by atoms with Crippen LogP contribution in [-0.2, 0) is 4.79 Å². The van der Waals surface area contributed by atoms with Gasteiger partial charge in [0, 0.05) is 18.1 Å². The molecule has 2 aromatic rings. The number of likely N-dealkylation sites (tertiary alicyclic amines) is 1. The number of hydrogen-bond acceptors (Lipinski definition) is 4. The maximum Gasteiger partial charge on any atom is 0.241 e. The van der Waals surface area contributed by atoms with Crippen LogP contribution in [0.3, 0.4) is 0 Å². The zero-order valence-electron chi connectivity index (χ0n) is 14.6. The minimum atomic E-state index is -0.171. The fraction of sp³-hybridized carbons (Fsp3) is 0.444. The second kappa shape index (κ2) is 8.81. The Bertz CT molecular complexity index is 722. The van der Waals surface area contributed by atoms with E-state index in [1.54, 1.807) is 6.20 Å². The zero-order chi connectivity index (χ0) is 16.4. The van der Waals surface area contributed by atoms with Crippen molar-refractivity contribution in [3.05, 3.63) is 36.5 Å². The number of benzene rings is 1. The molecule has 0 spiro atoms. The lowest BCUT2D eigenvalue weighted by molar-refractivity contribution is -0.120. The number of halogens is 2. The summed E-state index contributed by atoms with van der Waals surface area (Å²) in [5, 5.41) is 4.02. The van der Waals surface area contributed by atoms with Crippen LogP contribution in [0.2, 0.25) is 0 Å². The average Bonchev–Trinajstić information content (AvgIpc) is 2.97. The Labute approximate surface area is 161 Å². The maximum atomic E-state index is 12.6. The molecule has 1 aliphatic rings. The second-order valence-electron chi connectivity index (χ2n) is 6.78. The standard InChI is InChI=1S/C18H24N4O.2ClH/c1-13(22-10-8-18(2,11-19)12-22)17(23)21-16-7-3-6-15-14(16)5-4-9-20-15;;/h3-7,9,13H,8,10-12,19H2,1-2H3,(H,21,23);2*1H. The molecule has 138 valence electrons. The molecule has 2 atom stereocenters. The maximum absolute atomic E-state index is 12.6. The Balaban J connectivity index is 0.00000156. The molecule has 1 aromatic heterocycles. The van der Waals surface area contributed by atoms with Gasteiger partial charge in [-0.25, -0.2) is 0 Å². The van der Waals surface area contributed by atoms with Crippen molar-refractivity contribution in [2.75, 3.05) is 25.0 Å². The van der Waals surface area contributed by atoms with Crippen LogP contribution in [0.1, 0.15) is 20.3 Å². The van der Waals surface area contributed by atoms with E-state index in [0.29, 0.717) is 6.54 Å². The van der Waals surface area contributed by atoms with Gasteiger partial charge in [-0.2, -0.15) is 0 Å². The molecule has 2 unspecified atom stereocenters. The quantitative estimate of drug-likeness (QED) is 0.849. The van der Waals surface area contributed by atoms with Crippen molar-refractivity contribution in [3.63, 3.8) is 0 Å². The molecule has 1 fully saturated rings. The van der Waals surface area contributed by atoms with Crippen molar-refractivity contribution in [1.82, 2.24) is 9.88 Å². The van der Waals surface area contributed by atoms with E-state index in [0.717, 1.165) is 36.1 Å². The Kier molecular flexibility index (Phi) is 7.62. The number of carbonyl (C=O) groups is 1. The number of fused-ring (bicyclic) bond motifs is 1. The van der Waals surface area contributed by atoms with E-state index in [2.05, 4.69) is 22.1 Å². The van der Waals surface area contributed by atoms with Crippen LogP contribution in [0.25, 0.3) is 10.9 Å². The molecule has 1 aromatic carbocycles. The largest absolute Gasteiger partial charge is 0.330 e. The fourth-order valence-electron chi connectivity index (χ4n) is 3.17. The molecule has 0 saturated carbocycles. The lowest BCUT2D eigenvalue weighted by Gasteiger charge is -2.26. The van der Waals surface area contributed by atoms with Gasteiger partial charge in [-0.05, 0) is 56.1 Å². The molecule has 25 heavy (non-hydrogen) atoms. The highest BCUT2D eigenvalue weighted by Crippen LogP contribution is 2.30. The van der Waals surface area contributed by atoms with E-state index < -0.39 is 0 Å². The number of nitrogens with zero attached hydrogens (tertiary/aromatic N) is 2. The summed E-state index contributed by atoms with van der Waals surface area (Å²) in [6.45, 7) is 6.59. The average molecular weight is 385 g/mol. The summed E-state index contributed by atoms with van der Waals surface area (Å²) in [5.41, 5.74) is 7.68. The van der Waals surface area contributed by atoms with Gasteiger partial charge in [0.2, 0.25) is 5.91 Å². The van der Waals surface area contributed by atoms with Gasteiger partial charge >= 0.3 is 0 Å². The third-order valence-corrected chi connectivity index (χ3v) is 4.91. The highest BCUT2D eigenvalue weighted by atomic mass is 35.5. The van der Waals surface area contributed by atoms with E-state index in [4.69, 9.17) is 5.73 Å². The molecule has 3 rings (SSSR count). The molecule has 0 radical (unpaired) electrons. The molecule has 3 N–H and O–H groups in total. The molecule has 1 amide bonds. The smallest absolute Gasteiger partial charge is 0.241 e. The summed E-state index contributed by atoms with van der Waals surface area (Å²) in [6.07, 6.45) is 2.80. The van der Waals surface area contributed by atoms with Crippen molar-refractivity contribution in [2.24, 2.45) is 11.1 Å². The van der Waals surface area contributed by atoms with Crippen LogP contribution in [0.4, 0.5) is 5.69 Å². The predicted molar refractivity (Wildman–Crippen MR) is 108 cm³/mol. The van der Waals surface area contributed by atoms with Crippen molar-refractivity contribution in [1.29, 1.82) is 0 Å². The number of aromatic nitrogens is 1. The summed E-state index contributed by atoms with van der Waals surface area (Å²) in [5.74, 6) is 0.0163. The van der Waals surface area contributed by atoms with Crippen LogP contribution in [0, 0.1) is 5.41 Å². The lowest BCUT2D eigenvalue weighted by atomic mass is 9.90. The summed E-state index contributed by atoms with van der Waals surface area (Å²) < 4.78 is 0. The third kappa shape index (κ3) is 4.61. The topological polar surface area (TPSA) is 71.2 Å². The van der Waals surface area contributed by atoms with Crippen LogP contribution < -0.4 is 11.1 Å². The van der Waals surface area contributed by atoms with Gasteiger partial charge in [0.05, 0.1) is 17.2 Å². The molecule has 1 saturated heterocycles. The Hall–Kier alpha value is -1.40. The van der Waals surface area contributed by atoms with E-state index in [-0.39, 0.29) is 42.2 Å². The van der Waals surface area contributed by atoms with E-state index >= 15 is 0 Å². The Morgan fingerprint density at radius 2 is 2.12 bits per heavy atom. The summed E-state index contributed by atoms with van der Waals surface area (Å²) in [4.78, 5) is 19.2. The first-order valence-corrected chi connectivity index (χ1v) is 8.11. The highest BCUT2D eigenvalue weighted by Gasteiger charge is 2.36. The number of nitrogens with one attached hydrogen (secondary N) is 1. The van der Waals surface area contributed by atoms with E-state index in [1.807, 2.05) is 37.3 Å². The second-order valence-corrected chi connectivity index (χ2v) is 6.78. The van der Waals surface area contributed by atoms with Crippen molar-refractivity contribution in [3.8, 4) is 0 Å². The number of nitrogens with two attached hydrogens (primary N) is 1. The summed E-state index contributed by atoms with van der Waals surface area (Å²) in [6, 6.07) is 9.47. The Morgan fingerprint density at radius 1 is 1.36 bits per heavy atom. The van der Waals surface area contributed by atoms with E-state index in [9.17, 15) is 4.79 Å². The molecule has 7 heteroatoms. The molecule has 0 aliphatic carbocycles. The van der Waals surface area contributed by atoms with Crippen LogP contribution in [-0.4, -0.2) is 41.5 Å². The van der Waals surface area contributed by atoms with Crippen molar-refractivity contribution >= 4 is 47.3 Å².